The second-order valence-electron chi connectivity index (χ2n) is 3.66. The molecule has 0 spiro atoms. The maximum Gasteiger partial charge on any atom is 0.146 e. The van der Waals surface area contributed by atoms with Crippen molar-refractivity contribution in [3.05, 3.63) is 61.7 Å². The van der Waals surface area contributed by atoms with E-state index in [1.807, 2.05) is 18.2 Å². The van der Waals surface area contributed by atoms with Crippen LogP contribution in [-0.4, -0.2) is 0 Å². The summed E-state index contributed by atoms with van der Waals surface area (Å²) in [5.41, 5.74) is 1.42. The van der Waals surface area contributed by atoms with Gasteiger partial charge in [-0.25, -0.2) is 4.39 Å². The zero-order chi connectivity index (χ0) is 13.1. The molecule has 2 aromatic rings. The molecule has 0 amide bonds. The van der Waals surface area contributed by atoms with E-state index in [-0.39, 0.29) is 10.8 Å². The van der Waals surface area contributed by atoms with E-state index in [2.05, 4.69) is 37.2 Å². The molecule has 0 fully saturated rings. The zero-order valence-corrected chi connectivity index (χ0v) is 13.1. The summed E-state index contributed by atoms with van der Waals surface area (Å²) in [6, 6.07) is 10.7. The van der Waals surface area contributed by atoms with Gasteiger partial charge in [0.2, 0.25) is 0 Å². The molecule has 0 aliphatic rings. The van der Waals surface area contributed by atoms with Gasteiger partial charge in [0, 0.05) is 21.1 Å². The number of rotatable bonds is 3. The molecule has 0 saturated carbocycles. The summed E-state index contributed by atoms with van der Waals surface area (Å²) in [6.45, 7) is 0.369. The van der Waals surface area contributed by atoms with Crippen molar-refractivity contribution in [1.29, 1.82) is 0 Å². The van der Waals surface area contributed by atoms with Crippen molar-refractivity contribution in [3.8, 4) is 0 Å². The third-order valence-corrected chi connectivity index (χ3v) is 4.06. The molecule has 1 N–H and O–H groups in total. The third-order valence-electron chi connectivity index (χ3n) is 2.45. The normalized spacial score (nSPS) is 10.4. The summed E-state index contributed by atoms with van der Waals surface area (Å²) in [5, 5.41) is 3.31. The first-order valence-electron chi connectivity index (χ1n) is 5.20. The van der Waals surface area contributed by atoms with Crippen LogP contribution in [0, 0.1) is 5.82 Å². The van der Waals surface area contributed by atoms with Crippen molar-refractivity contribution in [2.24, 2.45) is 0 Å². The molecule has 0 aliphatic carbocycles. The molecule has 0 aliphatic heterocycles. The van der Waals surface area contributed by atoms with Gasteiger partial charge in [0.1, 0.15) is 5.82 Å². The van der Waals surface area contributed by atoms with Crippen LogP contribution < -0.4 is 5.32 Å². The first-order valence-corrected chi connectivity index (χ1v) is 7.17. The van der Waals surface area contributed by atoms with Crippen LogP contribution in [-0.2, 0) is 6.54 Å². The Morgan fingerprint density at radius 1 is 1.06 bits per heavy atom. The van der Waals surface area contributed by atoms with Crippen LogP contribution in [0.4, 0.5) is 10.1 Å². The third kappa shape index (κ3) is 3.05. The van der Waals surface area contributed by atoms with Crippen molar-refractivity contribution in [1.82, 2.24) is 0 Å². The summed E-state index contributed by atoms with van der Waals surface area (Å²) >= 11 is 12.6. The lowest BCUT2D eigenvalue weighted by Crippen LogP contribution is -2.03. The number of nitrogens with one attached hydrogen (secondary N) is 1. The van der Waals surface area contributed by atoms with Crippen molar-refractivity contribution in [2.45, 2.75) is 6.54 Å². The van der Waals surface area contributed by atoms with Crippen LogP contribution in [0.5, 0.6) is 0 Å². The Hall–Kier alpha value is -0.580. The van der Waals surface area contributed by atoms with E-state index in [4.69, 9.17) is 11.6 Å². The summed E-state index contributed by atoms with van der Waals surface area (Å²) in [6.07, 6.45) is 0. The molecule has 18 heavy (non-hydrogen) atoms. The van der Waals surface area contributed by atoms with E-state index in [0.29, 0.717) is 12.1 Å². The van der Waals surface area contributed by atoms with Gasteiger partial charge in [-0.3, -0.25) is 0 Å². The molecule has 1 nitrogen and oxygen atoms in total. The minimum Gasteiger partial charge on any atom is -0.379 e. The van der Waals surface area contributed by atoms with Gasteiger partial charge in [0.15, 0.2) is 0 Å². The summed E-state index contributed by atoms with van der Waals surface area (Å²) in [4.78, 5) is 0. The Labute approximate surface area is 127 Å². The number of halogens is 4. The van der Waals surface area contributed by atoms with Crippen LogP contribution in [0.25, 0.3) is 0 Å². The van der Waals surface area contributed by atoms with E-state index < -0.39 is 0 Å². The molecular weight excluding hydrogens is 384 g/mol. The smallest absolute Gasteiger partial charge is 0.146 e. The van der Waals surface area contributed by atoms with Gasteiger partial charge in [0.25, 0.3) is 0 Å². The molecular formula is C13H9Br2ClFN. The summed E-state index contributed by atoms with van der Waals surface area (Å²) < 4.78 is 15.5. The van der Waals surface area contributed by atoms with Crippen molar-refractivity contribution in [3.63, 3.8) is 0 Å². The van der Waals surface area contributed by atoms with E-state index in [9.17, 15) is 4.39 Å². The predicted molar refractivity (Wildman–Crippen MR) is 80.6 cm³/mol. The Kier molecular flexibility index (Phi) is 4.65. The van der Waals surface area contributed by atoms with Crippen LogP contribution in [0.15, 0.2) is 45.3 Å². The second-order valence-corrected chi connectivity index (χ2v) is 5.78. The van der Waals surface area contributed by atoms with Crippen molar-refractivity contribution < 1.29 is 4.39 Å². The zero-order valence-electron chi connectivity index (χ0n) is 9.18. The largest absolute Gasteiger partial charge is 0.379 e. The molecule has 0 saturated heterocycles. The summed E-state index contributed by atoms with van der Waals surface area (Å²) in [7, 11) is 0. The Balaban J connectivity index is 2.19. The predicted octanol–water partition coefficient (Wildman–Crippen LogP) is 5.62. The minimum absolute atomic E-state index is 0.139. The van der Waals surface area contributed by atoms with Gasteiger partial charge < -0.3 is 5.32 Å². The number of hydrogen-bond donors (Lipinski definition) is 1. The Morgan fingerprint density at radius 2 is 1.67 bits per heavy atom. The van der Waals surface area contributed by atoms with Crippen molar-refractivity contribution in [2.75, 3.05) is 5.32 Å². The molecule has 0 aromatic heterocycles. The highest BCUT2D eigenvalue weighted by Gasteiger charge is 2.08. The fourth-order valence-electron chi connectivity index (χ4n) is 1.54. The van der Waals surface area contributed by atoms with Crippen LogP contribution in [0.1, 0.15) is 5.56 Å². The molecule has 94 valence electrons. The number of hydrogen-bond acceptors (Lipinski definition) is 1. The number of para-hydroxylation sites is 1. The first-order chi connectivity index (χ1) is 8.59. The molecule has 0 atom stereocenters. The highest BCUT2D eigenvalue weighted by atomic mass is 79.9. The van der Waals surface area contributed by atoms with Gasteiger partial charge in [-0.1, -0.05) is 29.8 Å². The summed E-state index contributed by atoms with van der Waals surface area (Å²) in [5.74, 6) is -0.380. The van der Waals surface area contributed by atoms with Gasteiger partial charge in [-0.15, -0.1) is 0 Å². The van der Waals surface area contributed by atoms with E-state index in [0.717, 1.165) is 14.6 Å². The van der Waals surface area contributed by atoms with Gasteiger partial charge >= 0.3 is 0 Å². The number of anilines is 1. The molecule has 0 heterocycles. The Bertz CT molecular complexity index is 555. The molecule has 2 rings (SSSR count). The van der Waals surface area contributed by atoms with Crippen LogP contribution in [0.3, 0.4) is 0 Å². The lowest BCUT2D eigenvalue weighted by atomic mass is 10.2. The van der Waals surface area contributed by atoms with Gasteiger partial charge in [-0.05, 0) is 50.1 Å². The standard InChI is InChI=1S/C13H9Br2ClFN/c14-9-4-2-5-10(15)13(9)18-7-8-3-1-6-11(16)12(8)17/h1-6,18H,7H2. The van der Waals surface area contributed by atoms with E-state index >= 15 is 0 Å². The molecule has 0 bridgehead atoms. The maximum absolute atomic E-state index is 13.7. The highest BCUT2D eigenvalue weighted by Crippen LogP contribution is 2.31. The number of benzene rings is 2. The fourth-order valence-corrected chi connectivity index (χ4v) is 3.01. The van der Waals surface area contributed by atoms with Gasteiger partial charge in [-0.2, -0.15) is 0 Å². The molecule has 0 unspecified atom stereocenters. The average Bonchev–Trinajstić information content (AvgIpc) is 2.33. The Morgan fingerprint density at radius 3 is 2.33 bits per heavy atom. The monoisotopic (exact) mass is 391 g/mol. The highest BCUT2D eigenvalue weighted by molar-refractivity contribution is 9.11. The van der Waals surface area contributed by atoms with Crippen LogP contribution in [0.2, 0.25) is 5.02 Å². The first kappa shape index (κ1) is 13.8. The SMILES string of the molecule is Fc1c(Cl)cccc1CNc1c(Br)cccc1Br. The quantitative estimate of drug-likeness (QED) is 0.714. The molecule has 5 heteroatoms. The van der Waals surface area contributed by atoms with Crippen molar-refractivity contribution >= 4 is 49.1 Å². The topological polar surface area (TPSA) is 12.0 Å². The van der Waals surface area contributed by atoms with Gasteiger partial charge in [0.05, 0.1) is 10.7 Å². The fraction of sp³-hybridized carbons (Fsp3) is 0.0769. The van der Waals surface area contributed by atoms with Crippen LogP contribution >= 0.6 is 43.5 Å². The maximum atomic E-state index is 13.7. The molecule has 0 radical (unpaired) electrons. The van der Waals surface area contributed by atoms with E-state index in [1.54, 1.807) is 12.1 Å². The van der Waals surface area contributed by atoms with E-state index in [1.165, 1.54) is 6.07 Å². The second kappa shape index (κ2) is 6.04. The lowest BCUT2D eigenvalue weighted by Gasteiger charge is -2.11. The minimum atomic E-state index is -0.380. The average molecular weight is 393 g/mol. The molecule has 2 aromatic carbocycles. The lowest BCUT2D eigenvalue weighted by molar-refractivity contribution is 0.613.